The van der Waals surface area contributed by atoms with Gasteiger partial charge in [0.15, 0.2) is 0 Å². The highest BCUT2D eigenvalue weighted by Gasteiger charge is 2.22. The molecule has 0 fully saturated rings. The maximum atomic E-state index is 12.6. The Morgan fingerprint density at radius 2 is 1.79 bits per heavy atom. The number of esters is 1. The summed E-state index contributed by atoms with van der Waals surface area (Å²) in [6.45, 7) is 3.61. The minimum atomic E-state index is -3.74. The number of sulfonamides is 1. The third-order valence-corrected chi connectivity index (χ3v) is 6.12. The zero-order valence-electron chi connectivity index (χ0n) is 15.7. The molecular formula is C19H21N3O5S. The molecule has 0 atom stereocenters. The van der Waals surface area contributed by atoms with E-state index >= 15 is 0 Å². The number of hydrogen-bond acceptors (Lipinski definition) is 6. The van der Waals surface area contributed by atoms with Gasteiger partial charge >= 0.3 is 5.97 Å². The van der Waals surface area contributed by atoms with Crippen molar-refractivity contribution in [2.75, 3.05) is 13.1 Å². The van der Waals surface area contributed by atoms with E-state index in [1.54, 1.807) is 38.1 Å². The molecule has 0 amide bonds. The van der Waals surface area contributed by atoms with Crippen LogP contribution in [-0.2, 0) is 32.7 Å². The van der Waals surface area contributed by atoms with Gasteiger partial charge in [-0.05, 0) is 23.8 Å². The number of ether oxygens (including phenoxy) is 1. The number of carbonyl (C=O) groups excluding carboxylic acids is 1. The predicted octanol–water partition coefficient (Wildman–Crippen LogP) is 1.49. The standard InChI is InChI=1S/C19H21N3O5S/c1-3-22(4-2)28(25,26)17-9-10-18(23)21(12-17)13-19(24)27-14-16-7-5-15(11-20)6-8-16/h5-10,12H,3-4,13-14H2,1-2H3. The van der Waals surface area contributed by atoms with Crippen LogP contribution in [0.2, 0.25) is 0 Å². The Labute approximate surface area is 163 Å². The molecule has 1 aromatic heterocycles. The number of carbonyl (C=O) groups is 1. The Kier molecular flexibility index (Phi) is 7.09. The summed E-state index contributed by atoms with van der Waals surface area (Å²) < 4.78 is 32.6. The van der Waals surface area contributed by atoms with Crippen LogP contribution in [0.25, 0.3) is 0 Å². The molecule has 9 heteroatoms. The normalized spacial score (nSPS) is 11.2. The molecule has 0 aliphatic rings. The van der Waals surface area contributed by atoms with Crippen molar-refractivity contribution in [2.24, 2.45) is 0 Å². The van der Waals surface area contributed by atoms with Crippen molar-refractivity contribution in [2.45, 2.75) is 31.9 Å². The van der Waals surface area contributed by atoms with E-state index < -0.39 is 28.1 Å². The third-order valence-electron chi connectivity index (χ3n) is 4.08. The molecule has 0 unspecified atom stereocenters. The smallest absolute Gasteiger partial charge is 0.326 e. The third kappa shape index (κ3) is 5.06. The maximum Gasteiger partial charge on any atom is 0.326 e. The quantitative estimate of drug-likeness (QED) is 0.618. The van der Waals surface area contributed by atoms with Crippen LogP contribution in [0, 0.1) is 11.3 Å². The van der Waals surface area contributed by atoms with Crippen LogP contribution in [0.1, 0.15) is 25.0 Å². The lowest BCUT2D eigenvalue weighted by atomic mass is 10.2. The van der Waals surface area contributed by atoms with Gasteiger partial charge in [0.2, 0.25) is 10.0 Å². The van der Waals surface area contributed by atoms with Gasteiger partial charge in [-0.25, -0.2) is 8.42 Å². The molecule has 0 saturated carbocycles. The second-order valence-electron chi connectivity index (χ2n) is 5.89. The summed E-state index contributed by atoms with van der Waals surface area (Å²) in [4.78, 5) is 24.0. The summed E-state index contributed by atoms with van der Waals surface area (Å²) in [5, 5.41) is 8.77. The van der Waals surface area contributed by atoms with E-state index in [1.807, 2.05) is 6.07 Å². The Balaban J connectivity index is 2.11. The molecule has 28 heavy (non-hydrogen) atoms. The average molecular weight is 403 g/mol. The second kappa shape index (κ2) is 9.30. The first kappa shape index (κ1) is 21.3. The zero-order valence-corrected chi connectivity index (χ0v) is 16.5. The Morgan fingerprint density at radius 1 is 1.14 bits per heavy atom. The molecule has 0 saturated heterocycles. The first-order valence-corrected chi connectivity index (χ1v) is 10.1. The molecule has 8 nitrogen and oxygen atoms in total. The minimum absolute atomic E-state index is 0.0171. The summed E-state index contributed by atoms with van der Waals surface area (Å²) in [7, 11) is -3.74. The molecule has 0 spiro atoms. The Hall–Kier alpha value is -2.96. The predicted molar refractivity (Wildman–Crippen MR) is 102 cm³/mol. The Morgan fingerprint density at radius 3 is 2.36 bits per heavy atom. The van der Waals surface area contributed by atoms with E-state index in [2.05, 4.69) is 0 Å². The van der Waals surface area contributed by atoms with Crippen LogP contribution in [0.3, 0.4) is 0 Å². The second-order valence-corrected chi connectivity index (χ2v) is 7.83. The van der Waals surface area contributed by atoms with E-state index in [0.717, 1.165) is 16.8 Å². The number of hydrogen-bond donors (Lipinski definition) is 0. The molecular weight excluding hydrogens is 382 g/mol. The largest absolute Gasteiger partial charge is 0.459 e. The number of rotatable bonds is 8. The minimum Gasteiger partial charge on any atom is -0.459 e. The number of aromatic nitrogens is 1. The van der Waals surface area contributed by atoms with Crippen LogP contribution in [0.15, 0.2) is 52.3 Å². The first-order chi connectivity index (χ1) is 13.3. The summed E-state index contributed by atoms with van der Waals surface area (Å²) in [6, 6.07) is 10.9. The monoisotopic (exact) mass is 403 g/mol. The SMILES string of the molecule is CCN(CC)S(=O)(=O)c1ccc(=O)n(CC(=O)OCc2ccc(C#N)cc2)c1. The fourth-order valence-electron chi connectivity index (χ4n) is 2.52. The van der Waals surface area contributed by atoms with Gasteiger partial charge in [-0.3, -0.25) is 9.59 Å². The molecule has 0 aliphatic heterocycles. The highest BCUT2D eigenvalue weighted by Crippen LogP contribution is 2.13. The van der Waals surface area contributed by atoms with Gasteiger partial charge in [-0.15, -0.1) is 0 Å². The molecule has 0 bridgehead atoms. The molecule has 0 radical (unpaired) electrons. The van der Waals surface area contributed by atoms with Crippen molar-refractivity contribution in [3.8, 4) is 6.07 Å². The van der Waals surface area contributed by atoms with Gasteiger partial charge in [0.05, 0.1) is 16.5 Å². The van der Waals surface area contributed by atoms with E-state index in [4.69, 9.17) is 10.00 Å². The molecule has 2 rings (SSSR count). The lowest BCUT2D eigenvalue weighted by Gasteiger charge is -2.18. The summed E-state index contributed by atoms with van der Waals surface area (Å²) in [6.07, 6.45) is 1.15. The summed E-state index contributed by atoms with van der Waals surface area (Å²) in [5.41, 5.74) is 0.680. The van der Waals surface area contributed by atoms with Gasteiger partial charge in [0.25, 0.3) is 5.56 Å². The van der Waals surface area contributed by atoms with E-state index in [-0.39, 0.29) is 11.5 Å². The molecule has 0 N–H and O–H groups in total. The van der Waals surface area contributed by atoms with Gasteiger partial charge in [0.1, 0.15) is 13.2 Å². The fraction of sp³-hybridized carbons (Fsp3) is 0.316. The van der Waals surface area contributed by atoms with Crippen LogP contribution in [0.5, 0.6) is 0 Å². The number of benzene rings is 1. The van der Waals surface area contributed by atoms with Crippen molar-refractivity contribution in [3.63, 3.8) is 0 Å². The van der Waals surface area contributed by atoms with Gasteiger partial charge in [-0.1, -0.05) is 26.0 Å². The average Bonchev–Trinajstić information content (AvgIpc) is 2.69. The van der Waals surface area contributed by atoms with Crippen molar-refractivity contribution >= 4 is 16.0 Å². The zero-order chi connectivity index (χ0) is 20.7. The molecule has 1 heterocycles. The first-order valence-electron chi connectivity index (χ1n) is 8.67. The highest BCUT2D eigenvalue weighted by molar-refractivity contribution is 7.89. The number of pyridine rings is 1. The van der Waals surface area contributed by atoms with Gasteiger partial charge in [-0.2, -0.15) is 9.57 Å². The number of nitrogens with zero attached hydrogens (tertiary/aromatic N) is 3. The topological polar surface area (TPSA) is 109 Å². The van der Waals surface area contributed by atoms with Crippen molar-refractivity contribution in [3.05, 3.63) is 64.1 Å². The van der Waals surface area contributed by atoms with Crippen molar-refractivity contribution in [1.82, 2.24) is 8.87 Å². The van der Waals surface area contributed by atoms with Crippen LogP contribution in [-0.4, -0.2) is 36.3 Å². The fourth-order valence-corrected chi connectivity index (χ4v) is 4.00. The van der Waals surface area contributed by atoms with E-state index in [1.165, 1.54) is 10.4 Å². The van der Waals surface area contributed by atoms with Gasteiger partial charge in [0, 0.05) is 25.4 Å². The summed E-state index contributed by atoms with van der Waals surface area (Å²) >= 11 is 0. The molecule has 1 aromatic carbocycles. The highest BCUT2D eigenvalue weighted by atomic mass is 32.2. The lowest BCUT2D eigenvalue weighted by Crippen LogP contribution is -2.32. The molecule has 0 aliphatic carbocycles. The van der Waals surface area contributed by atoms with Crippen LogP contribution >= 0.6 is 0 Å². The van der Waals surface area contributed by atoms with Crippen LogP contribution < -0.4 is 5.56 Å². The Bertz CT molecular complexity index is 1030. The molecule has 148 valence electrons. The lowest BCUT2D eigenvalue weighted by molar-refractivity contribution is -0.145. The van der Waals surface area contributed by atoms with Crippen LogP contribution in [0.4, 0.5) is 0 Å². The van der Waals surface area contributed by atoms with Crippen molar-refractivity contribution in [1.29, 1.82) is 5.26 Å². The maximum absolute atomic E-state index is 12.6. The van der Waals surface area contributed by atoms with E-state index in [9.17, 15) is 18.0 Å². The van der Waals surface area contributed by atoms with E-state index in [0.29, 0.717) is 24.2 Å². The summed E-state index contributed by atoms with van der Waals surface area (Å²) in [5.74, 6) is -0.677. The number of nitriles is 1. The molecule has 2 aromatic rings. The van der Waals surface area contributed by atoms with Crippen molar-refractivity contribution < 1.29 is 17.9 Å². The van der Waals surface area contributed by atoms with Gasteiger partial charge < -0.3 is 9.30 Å².